The Kier molecular flexibility index (Phi) is 4.43. The molecule has 0 unspecified atom stereocenters. The van der Waals surface area contributed by atoms with Crippen LogP contribution in [0.25, 0.3) is 0 Å². The van der Waals surface area contributed by atoms with Gasteiger partial charge in [-0.25, -0.2) is 9.97 Å². The molecule has 2 heterocycles. The summed E-state index contributed by atoms with van der Waals surface area (Å²) in [5.41, 5.74) is -0.728. The van der Waals surface area contributed by atoms with Crippen LogP contribution in [0.15, 0.2) is 23.7 Å². The number of halogens is 3. The molecule has 0 aromatic carbocycles. The van der Waals surface area contributed by atoms with Crippen LogP contribution in [-0.4, -0.2) is 23.6 Å². The maximum atomic E-state index is 12.7. The fourth-order valence-corrected chi connectivity index (χ4v) is 2.21. The molecule has 4 nitrogen and oxygen atoms in total. The predicted molar refractivity (Wildman–Crippen MR) is 73.1 cm³/mol. The van der Waals surface area contributed by atoms with Crippen molar-refractivity contribution in [2.75, 3.05) is 24.2 Å². The van der Waals surface area contributed by atoms with Gasteiger partial charge in [0, 0.05) is 31.6 Å². The number of anilines is 2. The van der Waals surface area contributed by atoms with Gasteiger partial charge in [0.1, 0.15) is 11.6 Å². The first-order valence-electron chi connectivity index (χ1n) is 5.88. The third-order valence-corrected chi connectivity index (χ3v) is 3.38. The lowest BCUT2D eigenvalue weighted by atomic mass is 10.2. The van der Waals surface area contributed by atoms with Crippen molar-refractivity contribution >= 4 is 23.0 Å². The van der Waals surface area contributed by atoms with E-state index in [4.69, 9.17) is 0 Å². The van der Waals surface area contributed by atoms with E-state index in [2.05, 4.69) is 20.6 Å². The van der Waals surface area contributed by atoms with E-state index in [1.807, 2.05) is 5.38 Å². The average Bonchev–Trinajstić information content (AvgIpc) is 2.90. The summed E-state index contributed by atoms with van der Waals surface area (Å²) in [6, 6.07) is 1.98. The fourth-order valence-electron chi connectivity index (χ4n) is 1.59. The number of nitrogens with zero attached hydrogens (tertiary/aromatic N) is 2. The fraction of sp³-hybridized carbons (Fsp3) is 0.333. The third kappa shape index (κ3) is 3.83. The third-order valence-electron chi connectivity index (χ3n) is 2.54. The van der Waals surface area contributed by atoms with E-state index in [0.29, 0.717) is 13.0 Å². The SMILES string of the molecule is CNc1cc(C(F)(F)F)cc(NCCc2nccs2)n1. The summed E-state index contributed by atoms with van der Waals surface area (Å²) in [4.78, 5) is 8.15. The summed E-state index contributed by atoms with van der Waals surface area (Å²) in [5.74, 6) is 0.373. The highest BCUT2D eigenvalue weighted by Gasteiger charge is 2.31. The lowest BCUT2D eigenvalue weighted by Crippen LogP contribution is -2.11. The number of nitrogens with one attached hydrogen (secondary N) is 2. The molecule has 0 fully saturated rings. The zero-order chi connectivity index (χ0) is 14.6. The molecule has 0 spiro atoms. The molecule has 0 aliphatic heterocycles. The zero-order valence-electron chi connectivity index (χ0n) is 10.7. The molecule has 0 saturated carbocycles. The molecule has 0 atom stereocenters. The van der Waals surface area contributed by atoms with Crippen molar-refractivity contribution in [1.29, 1.82) is 0 Å². The van der Waals surface area contributed by atoms with Crippen LogP contribution in [0.1, 0.15) is 10.6 Å². The average molecular weight is 302 g/mol. The van der Waals surface area contributed by atoms with Crippen molar-refractivity contribution in [2.24, 2.45) is 0 Å². The number of hydrogen-bond donors (Lipinski definition) is 2. The van der Waals surface area contributed by atoms with Crippen molar-refractivity contribution in [3.05, 3.63) is 34.3 Å². The minimum atomic E-state index is -4.39. The van der Waals surface area contributed by atoms with Crippen LogP contribution < -0.4 is 10.6 Å². The molecule has 2 rings (SSSR count). The molecular formula is C12H13F3N4S. The van der Waals surface area contributed by atoms with Crippen LogP contribution >= 0.6 is 11.3 Å². The summed E-state index contributed by atoms with van der Waals surface area (Å²) in [7, 11) is 1.53. The van der Waals surface area contributed by atoms with Crippen LogP contribution in [-0.2, 0) is 12.6 Å². The Labute approximate surface area is 118 Å². The van der Waals surface area contributed by atoms with Gasteiger partial charge in [-0.15, -0.1) is 11.3 Å². The van der Waals surface area contributed by atoms with E-state index in [1.54, 1.807) is 6.20 Å². The first-order chi connectivity index (χ1) is 9.49. The number of rotatable bonds is 5. The number of pyridine rings is 1. The van der Waals surface area contributed by atoms with Gasteiger partial charge in [-0.05, 0) is 12.1 Å². The Hall–Kier alpha value is -1.83. The Morgan fingerprint density at radius 3 is 2.60 bits per heavy atom. The van der Waals surface area contributed by atoms with Crippen molar-refractivity contribution in [3.63, 3.8) is 0 Å². The van der Waals surface area contributed by atoms with Crippen molar-refractivity contribution < 1.29 is 13.2 Å². The molecule has 0 radical (unpaired) electrons. The van der Waals surface area contributed by atoms with E-state index in [9.17, 15) is 13.2 Å². The Bertz CT molecular complexity index is 554. The van der Waals surface area contributed by atoms with E-state index < -0.39 is 11.7 Å². The maximum absolute atomic E-state index is 12.7. The summed E-state index contributed by atoms with van der Waals surface area (Å²) >= 11 is 1.51. The normalized spacial score (nSPS) is 11.4. The van der Waals surface area contributed by atoms with Crippen LogP contribution in [0.4, 0.5) is 24.8 Å². The summed E-state index contributed by atoms with van der Waals surface area (Å²) in [5, 5.41) is 8.30. The lowest BCUT2D eigenvalue weighted by Gasteiger charge is -2.12. The van der Waals surface area contributed by atoms with E-state index in [0.717, 1.165) is 17.1 Å². The van der Waals surface area contributed by atoms with E-state index >= 15 is 0 Å². The molecule has 2 N–H and O–H groups in total. The van der Waals surface area contributed by atoms with Crippen LogP contribution in [0.3, 0.4) is 0 Å². The van der Waals surface area contributed by atoms with Gasteiger partial charge in [-0.2, -0.15) is 13.2 Å². The van der Waals surface area contributed by atoms with Gasteiger partial charge in [0.2, 0.25) is 0 Å². The number of aromatic nitrogens is 2. The lowest BCUT2D eigenvalue weighted by molar-refractivity contribution is -0.137. The molecule has 108 valence electrons. The molecule has 0 amide bonds. The van der Waals surface area contributed by atoms with Crippen LogP contribution in [0.5, 0.6) is 0 Å². The molecule has 0 aliphatic rings. The monoisotopic (exact) mass is 302 g/mol. The quantitative estimate of drug-likeness (QED) is 0.890. The highest BCUT2D eigenvalue weighted by Crippen LogP contribution is 2.31. The van der Waals surface area contributed by atoms with Gasteiger partial charge in [-0.3, -0.25) is 0 Å². The molecule has 20 heavy (non-hydrogen) atoms. The van der Waals surface area contributed by atoms with Crippen LogP contribution in [0.2, 0.25) is 0 Å². The zero-order valence-corrected chi connectivity index (χ0v) is 11.5. The number of thiazole rings is 1. The van der Waals surface area contributed by atoms with Crippen molar-refractivity contribution in [3.8, 4) is 0 Å². The summed E-state index contributed by atoms with van der Waals surface area (Å²) < 4.78 is 38.2. The van der Waals surface area contributed by atoms with Gasteiger partial charge >= 0.3 is 6.18 Å². The second-order valence-electron chi connectivity index (χ2n) is 3.98. The van der Waals surface area contributed by atoms with Gasteiger partial charge in [-0.1, -0.05) is 0 Å². The first-order valence-corrected chi connectivity index (χ1v) is 6.76. The second-order valence-corrected chi connectivity index (χ2v) is 4.96. The van der Waals surface area contributed by atoms with Crippen LogP contribution in [0, 0.1) is 0 Å². The minimum absolute atomic E-state index is 0.177. The molecule has 0 saturated heterocycles. The number of hydrogen-bond acceptors (Lipinski definition) is 5. The largest absolute Gasteiger partial charge is 0.416 e. The topological polar surface area (TPSA) is 49.8 Å². The van der Waals surface area contributed by atoms with Gasteiger partial charge in [0.05, 0.1) is 10.6 Å². The van der Waals surface area contributed by atoms with E-state index in [-0.39, 0.29) is 11.6 Å². The summed E-state index contributed by atoms with van der Waals surface area (Å²) in [6.45, 7) is 0.477. The minimum Gasteiger partial charge on any atom is -0.373 e. The molecular weight excluding hydrogens is 289 g/mol. The first kappa shape index (κ1) is 14.6. The Balaban J connectivity index is 2.06. The van der Waals surface area contributed by atoms with Gasteiger partial charge in [0.15, 0.2) is 0 Å². The molecule has 2 aromatic heterocycles. The Morgan fingerprint density at radius 1 is 1.25 bits per heavy atom. The highest BCUT2D eigenvalue weighted by atomic mass is 32.1. The molecule has 2 aromatic rings. The van der Waals surface area contributed by atoms with Crippen molar-refractivity contribution in [2.45, 2.75) is 12.6 Å². The standard InChI is InChI=1S/C12H13F3N4S/c1-16-9-6-8(12(13,14)15)7-10(19-9)17-3-2-11-18-4-5-20-11/h4-7H,2-3H2,1H3,(H2,16,17,19). The van der Waals surface area contributed by atoms with Gasteiger partial charge in [0.25, 0.3) is 0 Å². The molecule has 0 aliphatic carbocycles. The highest BCUT2D eigenvalue weighted by molar-refractivity contribution is 7.09. The van der Waals surface area contributed by atoms with E-state index in [1.165, 1.54) is 18.4 Å². The molecule has 8 heteroatoms. The second kappa shape index (κ2) is 6.08. The van der Waals surface area contributed by atoms with Crippen molar-refractivity contribution in [1.82, 2.24) is 9.97 Å². The maximum Gasteiger partial charge on any atom is 0.416 e. The molecule has 0 bridgehead atoms. The number of alkyl halides is 3. The van der Waals surface area contributed by atoms with Gasteiger partial charge < -0.3 is 10.6 Å². The smallest absolute Gasteiger partial charge is 0.373 e. The predicted octanol–water partition coefficient (Wildman–Crippen LogP) is 3.25. The Morgan fingerprint density at radius 2 is 2.00 bits per heavy atom. The summed E-state index contributed by atoms with van der Waals surface area (Å²) in [6.07, 6.45) is -2.05.